The molecular weight excluding hydrogens is 550 g/mol. The summed E-state index contributed by atoms with van der Waals surface area (Å²) >= 11 is 0. The number of hydrogen-bond donors (Lipinski definition) is 1. The van der Waals surface area contributed by atoms with E-state index >= 15 is 0 Å². The summed E-state index contributed by atoms with van der Waals surface area (Å²) in [6, 6.07) is 1.85. The van der Waals surface area contributed by atoms with Gasteiger partial charge in [0, 0.05) is 0 Å². The first kappa shape index (κ1) is 30.7. The maximum absolute atomic E-state index is 14.1. The van der Waals surface area contributed by atoms with Crippen LogP contribution in [0.15, 0.2) is 42.0 Å². The Kier molecular flexibility index (Phi) is 7.33. The number of alkyl halides is 16. The monoisotopic (exact) mass is 556 g/mol. The second kappa shape index (κ2) is 8.36. The number of benzene rings is 1. The van der Waals surface area contributed by atoms with Crippen LogP contribution in [-0.2, 0) is 5.60 Å². The summed E-state index contributed by atoms with van der Waals surface area (Å²) in [7, 11) is 0. The van der Waals surface area contributed by atoms with Gasteiger partial charge in [-0.15, -0.1) is 0 Å². The summed E-state index contributed by atoms with van der Waals surface area (Å²) in [5, 5.41) is 9.51. The van der Waals surface area contributed by atoms with E-state index in [2.05, 4.69) is 0 Å². The van der Waals surface area contributed by atoms with Gasteiger partial charge in [-0.1, -0.05) is 30.3 Å². The minimum atomic E-state index is -8.59. The Hall–Kier alpha value is -2.34. The normalized spacial score (nSPS) is 17.7. The third-order valence-electron chi connectivity index (χ3n) is 4.32. The maximum atomic E-state index is 14.1. The molecule has 0 spiro atoms. The SMILES string of the molecule is OC(/C(F)=C(\F)C(F)(F)C(F)(F)C(F)(F)C(F)(F)C(F)(F)C(F)(F)F)(c1ccccc1)C(F)(F)F. The molecule has 0 amide bonds. The van der Waals surface area contributed by atoms with Crippen LogP contribution in [0, 0.1) is 0 Å². The van der Waals surface area contributed by atoms with Gasteiger partial charge in [0.25, 0.3) is 0 Å². The Balaban J connectivity index is 3.88. The number of hydrogen-bond acceptors (Lipinski definition) is 1. The quantitative estimate of drug-likeness (QED) is 0.349. The lowest BCUT2D eigenvalue weighted by molar-refractivity contribution is -0.438. The van der Waals surface area contributed by atoms with Gasteiger partial charge in [-0.25, -0.2) is 8.78 Å². The van der Waals surface area contributed by atoms with Gasteiger partial charge in [0.1, 0.15) is 0 Å². The molecule has 1 unspecified atom stereocenters. The lowest BCUT2D eigenvalue weighted by atomic mass is 9.88. The highest BCUT2D eigenvalue weighted by molar-refractivity contribution is 5.36. The van der Waals surface area contributed by atoms with Crippen LogP contribution in [0.2, 0.25) is 0 Å². The Morgan fingerprint density at radius 3 is 1.20 bits per heavy atom. The number of aliphatic hydroxyl groups is 1. The summed E-state index contributed by atoms with van der Waals surface area (Å²) in [5.41, 5.74) is -7.63. The van der Waals surface area contributed by atoms with Crippen LogP contribution in [0.5, 0.6) is 0 Å². The Bertz CT molecular complexity index is 941. The van der Waals surface area contributed by atoms with E-state index in [0.29, 0.717) is 12.1 Å². The van der Waals surface area contributed by atoms with Gasteiger partial charge in [-0.2, -0.15) is 70.2 Å². The molecule has 0 heterocycles. The standard InChI is InChI=1S/C16H6F18O/c17-7(9(35,15(29,30)31)6-4-2-1-3-5-6)8(18)10(19,20)11(21,22)12(23,24)13(25,26)14(27,28)16(32,33)34/h1-5,35H/b8-7+. The smallest absolute Gasteiger partial charge is 0.370 e. The minimum absolute atomic E-state index is 0.0171. The van der Waals surface area contributed by atoms with E-state index in [1.165, 1.54) is 0 Å². The number of allylic oxidation sites excluding steroid dienone is 1. The van der Waals surface area contributed by atoms with Crippen LogP contribution in [-0.4, -0.2) is 47.1 Å². The third-order valence-corrected chi connectivity index (χ3v) is 4.32. The molecule has 19 heteroatoms. The van der Waals surface area contributed by atoms with Crippen molar-refractivity contribution in [2.75, 3.05) is 0 Å². The first-order valence-corrected chi connectivity index (χ1v) is 8.04. The molecule has 1 aromatic carbocycles. The zero-order chi connectivity index (χ0) is 28.3. The maximum Gasteiger partial charge on any atom is 0.460 e. The average molecular weight is 556 g/mol. The summed E-state index contributed by atoms with van der Waals surface area (Å²) in [5.74, 6) is -51.2. The molecule has 202 valence electrons. The summed E-state index contributed by atoms with van der Waals surface area (Å²) in [6.07, 6.45) is -14.5. The molecule has 1 rings (SSSR count). The predicted molar refractivity (Wildman–Crippen MR) is 76.4 cm³/mol. The fraction of sp³-hybridized carbons (Fsp3) is 0.500. The molecule has 1 N–H and O–H groups in total. The molecule has 1 aromatic rings. The third kappa shape index (κ3) is 4.18. The molecule has 0 aliphatic rings. The van der Waals surface area contributed by atoms with E-state index in [1.807, 2.05) is 0 Å². The van der Waals surface area contributed by atoms with Crippen LogP contribution < -0.4 is 0 Å². The Morgan fingerprint density at radius 1 is 0.486 bits per heavy atom. The van der Waals surface area contributed by atoms with Crippen molar-refractivity contribution in [3.05, 3.63) is 47.5 Å². The van der Waals surface area contributed by atoms with Crippen molar-refractivity contribution in [1.29, 1.82) is 0 Å². The molecule has 0 radical (unpaired) electrons. The zero-order valence-electron chi connectivity index (χ0n) is 15.6. The lowest BCUT2D eigenvalue weighted by Crippen LogP contribution is -2.70. The number of halogens is 18. The van der Waals surface area contributed by atoms with E-state index in [0.717, 1.165) is 6.07 Å². The van der Waals surface area contributed by atoms with Crippen molar-refractivity contribution >= 4 is 0 Å². The molecule has 1 nitrogen and oxygen atoms in total. The molecule has 1 atom stereocenters. The van der Waals surface area contributed by atoms with Crippen LogP contribution in [0.25, 0.3) is 0 Å². The van der Waals surface area contributed by atoms with Crippen LogP contribution >= 0.6 is 0 Å². The highest BCUT2D eigenvalue weighted by Gasteiger charge is 2.91. The van der Waals surface area contributed by atoms with Crippen LogP contribution in [0.4, 0.5) is 79.0 Å². The first-order chi connectivity index (χ1) is 15.2. The van der Waals surface area contributed by atoms with Gasteiger partial charge < -0.3 is 5.11 Å². The van der Waals surface area contributed by atoms with E-state index in [1.54, 1.807) is 0 Å². The van der Waals surface area contributed by atoms with Gasteiger partial charge in [-0.05, 0) is 5.56 Å². The number of rotatable bonds is 7. The van der Waals surface area contributed by atoms with Crippen molar-refractivity contribution < 1.29 is 84.1 Å². The van der Waals surface area contributed by atoms with Crippen molar-refractivity contribution in [2.24, 2.45) is 0 Å². The summed E-state index contributed by atoms with van der Waals surface area (Å²) in [4.78, 5) is 0. The van der Waals surface area contributed by atoms with Crippen LogP contribution in [0.3, 0.4) is 0 Å². The summed E-state index contributed by atoms with van der Waals surface area (Å²) < 4.78 is 237. The zero-order valence-corrected chi connectivity index (χ0v) is 15.6. The van der Waals surface area contributed by atoms with Crippen LogP contribution in [0.1, 0.15) is 5.56 Å². The van der Waals surface area contributed by atoms with Gasteiger partial charge in [0.2, 0.25) is 11.4 Å². The highest BCUT2D eigenvalue weighted by Crippen LogP contribution is 2.62. The fourth-order valence-corrected chi connectivity index (χ4v) is 2.30. The van der Waals surface area contributed by atoms with Gasteiger partial charge in [0.15, 0.2) is 5.83 Å². The molecule has 0 aliphatic heterocycles. The molecule has 35 heavy (non-hydrogen) atoms. The van der Waals surface area contributed by atoms with Gasteiger partial charge in [-0.3, -0.25) is 0 Å². The molecule has 0 bridgehead atoms. The second-order valence-corrected chi connectivity index (χ2v) is 6.57. The van der Waals surface area contributed by atoms with Crippen molar-refractivity contribution in [2.45, 2.75) is 47.6 Å². The Morgan fingerprint density at radius 2 is 0.857 bits per heavy atom. The average Bonchev–Trinajstić information content (AvgIpc) is 2.70. The lowest BCUT2D eigenvalue weighted by Gasteiger charge is -2.39. The summed E-state index contributed by atoms with van der Waals surface area (Å²) in [6.45, 7) is 0. The second-order valence-electron chi connectivity index (χ2n) is 6.57. The topological polar surface area (TPSA) is 20.2 Å². The first-order valence-electron chi connectivity index (χ1n) is 8.04. The molecule has 0 aliphatic carbocycles. The fourth-order valence-electron chi connectivity index (χ4n) is 2.30. The largest absolute Gasteiger partial charge is 0.460 e. The van der Waals surface area contributed by atoms with Gasteiger partial charge in [0.05, 0.1) is 0 Å². The van der Waals surface area contributed by atoms with E-state index in [-0.39, 0.29) is 12.1 Å². The molecule has 0 saturated carbocycles. The van der Waals surface area contributed by atoms with Crippen molar-refractivity contribution in [1.82, 2.24) is 0 Å². The van der Waals surface area contributed by atoms with Crippen molar-refractivity contribution in [3.8, 4) is 0 Å². The molecule has 0 fully saturated rings. The molecule has 0 aromatic heterocycles. The highest BCUT2D eigenvalue weighted by atomic mass is 19.4. The Labute approximate surface area is 180 Å². The van der Waals surface area contributed by atoms with E-state index in [9.17, 15) is 84.1 Å². The van der Waals surface area contributed by atoms with Crippen molar-refractivity contribution in [3.63, 3.8) is 0 Å². The van der Waals surface area contributed by atoms with Gasteiger partial charge >= 0.3 is 42.0 Å². The predicted octanol–water partition coefficient (Wildman–Crippen LogP) is 7.33. The molecular formula is C16H6F18O. The molecule has 0 saturated heterocycles. The minimum Gasteiger partial charge on any atom is -0.370 e. The van der Waals surface area contributed by atoms with E-state index in [4.69, 9.17) is 0 Å². The van der Waals surface area contributed by atoms with E-state index < -0.39 is 64.8 Å².